The highest BCUT2D eigenvalue weighted by Gasteiger charge is 2.33. The van der Waals surface area contributed by atoms with Crippen LogP contribution in [0.5, 0.6) is 0 Å². The van der Waals surface area contributed by atoms with E-state index in [-0.39, 0.29) is 10.8 Å². The molecule has 1 aromatic carbocycles. The van der Waals surface area contributed by atoms with E-state index in [2.05, 4.69) is 15.4 Å². The molecule has 0 aliphatic carbocycles. The number of aryl methyl sites for hydroxylation is 2. The van der Waals surface area contributed by atoms with Gasteiger partial charge in [0.05, 0.1) is 10.7 Å². The van der Waals surface area contributed by atoms with Crippen LogP contribution >= 0.6 is 11.6 Å². The van der Waals surface area contributed by atoms with Crippen LogP contribution < -0.4 is 5.32 Å². The fourth-order valence-corrected chi connectivity index (χ4v) is 5.10. The van der Waals surface area contributed by atoms with Gasteiger partial charge < -0.3 is 14.7 Å². The van der Waals surface area contributed by atoms with Crippen LogP contribution in [0.2, 0.25) is 5.02 Å². The van der Waals surface area contributed by atoms with E-state index in [1.54, 1.807) is 38.1 Å². The minimum Gasteiger partial charge on any atom is -0.360 e. The zero-order valence-electron chi connectivity index (χ0n) is 15.8. The number of carbonyl (C=O) groups is 1. The number of amides is 1. The molecule has 0 bridgehead atoms. The second-order valence-corrected chi connectivity index (χ2v) is 8.96. The van der Waals surface area contributed by atoms with Gasteiger partial charge in [0.25, 0.3) is 0 Å². The summed E-state index contributed by atoms with van der Waals surface area (Å²) >= 11 is 6.04. The van der Waals surface area contributed by atoms with Crippen molar-refractivity contribution in [1.82, 2.24) is 14.4 Å². The SMILES string of the molecule is Cc1noc(C)c1S(=O)(=O)N1CCN(CCC(=O)Nc2ccccc2Cl)CC1. The monoisotopic (exact) mass is 426 g/mol. The first kappa shape index (κ1) is 20.8. The molecule has 1 saturated heterocycles. The van der Waals surface area contributed by atoms with Gasteiger partial charge in [0.1, 0.15) is 10.6 Å². The number of rotatable bonds is 6. The molecule has 10 heteroatoms. The van der Waals surface area contributed by atoms with Crippen molar-refractivity contribution in [3.05, 3.63) is 40.7 Å². The fourth-order valence-electron chi connectivity index (χ4n) is 3.20. The van der Waals surface area contributed by atoms with Crippen LogP contribution in [0.4, 0.5) is 5.69 Å². The average Bonchev–Trinajstić information content (AvgIpc) is 3.01. The summed E-state index contributed by atoms with van der Waals surface area (Å²) in [6.45, 7) is 5.61. The third-order valence-electron chi connectivity index (χ3n) is 4.70. The zero-order valence-corrected chi connectivity index (χ0v) is 17.4. The van der Waals surface area contributed by atoms with E-state index in [0.717, 1.165) is 0 Å². The molecule has 152 valence electrons. The van der Waals surface area contributed by atoms with E-state index in [1.807, 2.05) is 0 Å². The summed E-state index contributed by atoms with van der Waals surface area (Å²) < 4.78 is 32.1. The number of aromatic nitrogens is 1. The highest BCUT2D eigenvalue weighted by molar-refractivity contribution is 7.89. The highest BCUT2D eigenvalue weighted by atomic mass is 35.5. The van der Waals surface area contributed by atoms with Gasteiger partial charge in [-0.1, -0.05) is 28.9 Å². The quantitative estimate of drug-likeness (QED) is 0.761. The van der Waals surface area contributed by atoms with Crippen LogP contribution in [0.1, 0.15) is 17.9 Å². The van der Waals surface area contributed by atoms with E-state index in [4.69, 9.17) is 16.1 Å². The summed E-state index contributed by atoms with van der Waals surface area (Å²) in [5.74, 6) is 0.176. The Morgan fingerprint density at radius 2 is 1.89 bits per heavy atom. The van der Waals surface area contributed by atoms with Crippen LogP contribution in [0, 0.1) is 13.8 Å². The Labute approximate surface area is 169 Å². The number of benzene rings is 1. The van der Waals surface area contributed by atoms with Gasteiger partial charge in [-0.2, -0.15) is 4.31 Å². The lowest BCUT2D eigenvalue weighted by molar-refractivity contribution is -0.116. The lowest BCUT2D eigenvalue weighted by Crippen LogP contribution is -2.49. The van der Waals surface area contributed by atoms with Gasteiger partial charge in [0, 0.05) is 39.1 Å². The Bertz CT molecular complexity index is 933. The van der Waals surface area contributed by atoms with Crippen molar-refractivity contribution < 1.29 is 17.7 Å². The maximum Gasteiger partial charge on any atom is 0.248 e. The fraction of sp³-hybridized carbons (Fsp3) is 0.444. The number of sulfonamides is 1. The topological polar surface area (TPSA) is 95.8 Å². The minimum atomic E-state index is -3.62. The lowest BCUT2D eigenvalue weighted by atomic mass is 10.3. The van der Waals surface area contributed by atoms with Gasteiger partial charge in [-0.05, 0) is 26.0 Å². The number of nitrogens with zero attached hydrogens (tertiary/aromatic N) is 3. The number of nitrogens with one attached hydrogen (secondary N) is 1. The van der Waals surface area contributed by atoms with Crippen molar-refractivity contribution in [2.45, 2.75) is 25.2 Å². The summed E-state index contributed by atoms with van der Waals surface area (Å²) in [5, 5.41) is 7.02. The molecular formula is C18H23ClN4O4S. The van der Waals surface area contributed by atoms with E-state index in [1.165, 1.54) is 4.31 Å². The molecule has 1 aliphatic heterocycles. The number of piperazine rings is 1. The molecule has 0 atom stereocenters. The summed E-state index contributed by atoms with van der Waals surface area (Å²) in [7, 11) is -3.62. The molecule has 2 aromatic rings. The maximum absolute atomic E-state index is 12.8. The van der Waals surface area contributed by atoms with Gasteiger partial charge in [-0.3, -0.25) is 4.79 Å². The zero-order chi connectivity index (χ0) is 20.3. The van der Waals surface area contributed by atoms with Crippen LogP contribution in [0.25, 0.3) is 0 Å². The molecule has 3 rings (SSSR count). The Balaban J connectivity index is 1.50. The first-order valence-corrected chi connectivity index (χ1v) is 10.8. The molecule has 0 spiro atoms. The van der Waals surface area contributed by atoms with Crippen molar-refractivity contribution in [2.75, 3.05) is 38.0 Å². The number of carbonyl (C=O) groups excluding carboxylic acids is 1. The van der Waals surface area contributed by atoms with Gasteiger partial charge >= 0.3 is 0 Å². The molecular weight excluding hydrogens is 404 g/mol. The predicted molar refractivity (Wildman–Crippen MR) is 106 cm³/mol. The van der Waals surface area contributed by atoms with Crippen molar-refractivity contribution >= 4 is 33.2 Å². The molecule has 0 radical (unpaired) electrons. The number of hydrogen-bond acceptors (Lipinski definition) is 6. The summed E-state index contributed by atoms with van der Waals surface area (Å²) in [6.07, 6.45) is 0.307. The van der Waals surface area contributed by atoms with E-state index in [0.29, 0.717) is 61.3 Å². The molecule has 1 N–H and O–H groups in total. The number of para-hydroxylation sites is 1. The Morgan fingerprint density at radius 1 is 1.21 bits per heavy atom. The molecule has 1 amide bonds. The standard InChI is InChI=1S/C18H23ClN4O4S/c1-13-18(14(2)27-21-13)28(25,26)23-11-9-22(10-12-23)8-7-17(24)20-16-6-4-3-5-15(16)19/h3-6H,7-12H2,1-2H3,(H,20,24). The first-order valence-electron chi connectivity index (χ1n) is 8.99. The number of anilines is 1. The number of hydrogen-bond donors (Lipinski definition) is 1. The first-order chi connectivity index (χ1) is 13.3. The molecule has 0 unspecified atom stereocenters. The Morgan fingerprint density at radius 3 is 2.50 bits per heavy atom. The molecule has 28 heavy (non-hydrogen) atoms. The van der Waals surface area contributed by atoms with E-state index >= 15 is 0 Å². The van der Waals surface area contributed by atoms with Crippen LogP contribution in [0.3, 0.4) is 0 Å². The molecule has 2 heterocycles. The average molecular weight is 427 g/mol. The Kier molecular flexibility index (Phi) is 6.39. The maximum atomic E-state index is 12.8. The van der Waals surface area contributed by atoms with Gasteiger partial charge in [-0.15, -0.1) is 0 Å². The van der Waals surface area contributed by atoms with Crippen molar-refractivity contribution in [3.63, 3.8) is 0 Å². The van der Waals surface area contributed by atoms with E-state index in [9.17, 15) is 13.2 Å². The summed E-state index contributed by atoms with van der Waals surface area (Å²) in [6, 6.07) is 7.07. The second-order valence-electron chi connectivity index (χ2n) is 6.68. The normalized spacial score (nSPS) is 16.2. The van der Waals surface area contributed by atoms with Crippen LogP contribution in [0.15, 0.2) is 33.7 Å². The molecule has 8 nitrogen and oxygen atoms in total. The van der Waals surface area contributed by atoms with Crippen LogP contribution in [-0.4, -0.2) is 61.4 Å². The third-order valence-corrected chi connectivity index (χ3v) is 7.17. The van der Waals surface area contributed by atoms with Crippen molar-refractivity contribution in [3.8, 4) is 0 Å². The van der Waals surface area contributed by atoms with Gasteiger partial charge in [-0.25, -0.2) is 8.42 Å². The largest absolute Gasteiger partial charge is 0.360 e. The summed E-state index contributed by atoms with van der Waals surface area (Å²) in [4.78, 5) is 14.4. The molecule has 1 aliphatic rings. The van der Waals surface area contributed by atoms with Crippen LogP contribution in [-0.2, 0) is 14.8 Å². The van der Waals surface area contributed by atoms with Crippen molar-refractivity contribution in [1.29, 1.82) is 0 Å². The highest BCUT2D eigenvalue weighted by Crippen LogP contribution is 2.24. The molecule has 0 saturated carbocycles. The third kappa shape index (κ3) is 4.54. The van der Waals surface area contributed by atoms with Gasteiger partial charge in [0.2, 0.25) is 15.9 Å². The van der Waals surface area contributed by atoms with E-state index < -0.39 is 10.0 Å². The smallest absolute Gasteiger partial charge is 0.248 e. The molecule has 1 aromatic heterocycles. The molecule has 1 fully saturated rings. The predicted octanol–water partition coefficient (Wildman–Crippen LogP) is 2.28. The van der Waals surface area contributed by atoms with Crippen molar-refractivity contribution in [2.24, 2.45) is 0 Å². The number of halogens is 1. The van der Waals surface area contributed by atoms with Gasteiger partial charge in [0.15, 0.2) is 5.76 Å². The minimum absolute atomic E-state index is 0.126. The second kappa shape index (κ2) is 8.60. The summed E-state index contributed by atoms with van der Waals surface area (Å²) in [5.41, 5.74) is 0.959. The lowest BCUT2D eigenvalue weighted by Gasteiger charge is -2.33. The Hall–Kier alpha value is -1.94.